The Morgan fingerprint density at radius 3 is 2.59 bits per heavy atom. The maximum absolute atomic E-state index is 6.18. The van der Waals surface area contributed by atoms with Crippen LogP contribution in [0.5, 0.6) is 5.75 Å². The molecule has 4 rings (SSSR count). The second-order valence-corrected chi connectivity index (χ2v) is 8.70. The zero-order valence-corrected chi connectivity index (χ0v) is 18.1. The highest BCUT2D eigenvalue weighted by atomic mass is 32.1. The van der Waals surface area contributed by atoms with Crippen molar-refractivity contribution >= 4 is 23.0 Å². The van der Waals surface area contributed by atoms with Crippen LogP contribution < -0.4 is 15.4 Å². The maximum Gasteiger partial charge on any atom is 0.189 e. The van der Waals surface area contributed by atoms with Crippen molar-refractivity contribution in [1.29, 1.82) is 0 Å². The van der Waals surface area contributed by atoms with Gasteiger partial charge in [0, 0.05) is 11.8 Å². The summed E-state index contributed by atoms with van der Waals surface area (Å²) >= 11 is 5.55. The van der Waals surface area contributed by atoms with Gasteiger partial charge in [-0.05, 0) is 52.0 Å². The molecule has 3 fully saturated rings. The van der Waals surface area contributed by atoms with Crippen molar-refractivity contribution in [2.24, 2.45) is 0 Å². The van der Waals surface area contributed by atoms with E-state index in [2.05, 4.69) is 10.6 Å². The van der Waals surface area contributed by atoms with Gasteiger partial charge in [0.15, 0.2) is 23.0 Å². The van der Waals surface area contributed by atoms with E-state index in [0.717, 1.165) is 11.4 Å². The van der Waals surface area contributed by atoms with Gasteiger partial charge in [0.25, 0.3) is 0 Å². The first-order valence-electron chi connectivity index (χ1n) is 9.70. The molecule has 1 unspecified atom stereocenters. The zero-order valence-electron chi connectivity index (χ0n) is 17.3. The summed E-state index contributed by atoms with van der Waals surface area (Å²) < 4.78 is 35.2. The monoisotopic (exact) mass is 424 g/mol. The van der Waals surface area contributed by atoms with E-state index in [9.17, 15) is 0 Å². The average molecular weight is 425 g/mol. The SMILES string of the molecule is COc1cccc(NC(=S)N[C@H]2[C@H]3OC(C)(C)O[C@H]3O[C@@H]2C2COC(C)(C)O2)c1. The first-order valence-corrected chi connectivity index (χ1v) is 10.1. The lowest BCUT2D eigenvalue weighted by atomic mass is 10.0. The number of benzene rings is 1. The molecule has 0 bridgehead atoms. The van der Waals surface area contributed by atoms with Gasteiger partial charge in [0.05, 0.1) is 19.8 Å². The smallest absolute Gasteiger partial charge is 0.189 e. The van der Waals surface area contributed by atoms with Crippen LogP contribution in [0.4, 0.5) is 5.69 Å². The summed E-state index contributed by atoms with van der Waals surface area (Å²) in [5.74, 6) is -0.640. The van der Waals surface area contributed by atoms with Crippen LogP contribution >= 0.6 is 12.2 Å². The molecule has 0 saturated carbocycles. The summed E-state index contributed by atoms with van der Waals surface area (Å²) in [5, 5.41) is 6.98. The molecular formula is C20H28N2O6S. The molecule has 9 heteroatoms. The van der Waals surface area contributed by atoms with E-state index in [0.29, 0.717) is 11.7 Å². The first kappa shape index (κ1) is 20.8. The van der Waals surface area contributed by atoms with Crippen molar-refractivity contribution in [2.75, 3.05) is 19.0 Å². The van der Waals surface area contributed by atoms with Crippen LogP contribution in [0.1, 0.15) is 27.7 Å². The first-order chi connectivity index (χ1) is 13.7. The Morgan fingerprint density at radius 2 is 1.90 bits per heavy atom. The van der Waals surface area contributed by atoms with Crippen molar-refractivity contribution in [1.82, 2.24) is 5.32 Å². The van der Waals surface area contributed by atoms with E-state index in [1.165, 1.54) is 0 Å². The highest BCUT2D eigenvalue weighted by molar-refractivity contribution is 7.80. The van der Waals surface area contributed by atoms with Gasteiger partial charge in [-0.2, -0.15) is 0 Å². The van der Waals surface area contributed by atoms with Gasteiger partial charge in [-0.15, -0.1) is 0 Å². The highest BCUT2D eigenvalue weighted by Gasteiger charge is 2.58. The third-order valence-corrected chi connectivity index (χ3v) is 5.33. The van der Waals surface area contributed by atoms with E-state index in [1.54, 1.807) is 7.11 Å². The molecular weight excluding hydrogens is 396 g/mol. The van der Waals surface area contributed by atoms with Crippen molar-refractivity contribution in [3.05, 3.63) is 24.3 Å². The van der Waals surface area contributed by atoms with E-state index >= 15 is 0 Å². The Bertz CT molecular complexity index is 773. The fourth-order valence-corrected chi connectivity index (χ4v) is 4.17. The minimum atomic E-state index is -0.728. The van der Waals surface area contributed by atoms with E-state index in [-0.39, 0.29) is 24.4 Å². The Hall–Kier alpha value is -1.49. The summed E-state index contributed by atoms with van der Waals surface area (Å²) in [7, 11) is 1.63. The lowest BCUT2D eigenvalue weighted by Crippen LogP contribution is -2.53. The van der Waals surface area contributed by atoms with Gasteiger partial charge >= 0.3 is 0 Å². The summed E-state index contributed by atoms with van der Waals surface area (Å²) in [5.41, 5.74) is 0.819. The zero-order chi connectivity index (χ0) is 20.8. The Kier molecular flexibility index (Phi) is 5.47. The number of fused-ring (bicyclic) bond motifs is 1. The molecule has 29 heavy (non-hydrogen) atoms. The van der Waals surface area contributed by atoms with E-state index in [4.69, 9.17) is 40.6 Å². The van der Waals surface area contributed by atoms with Crippen LogP contribution in [0.15, 0.2) is 24.3 Å². The predicted octanol–water partition coefficient (Wildman–Crippen LogP) is 2.38. The molecule has 3 saturated heterocycles. The van der Waals surface area contributed by atoms with Gasteiger partial charge in [0.2, 0.25) is 0 Å². The molecule has 0 spiro atoms. The summed E-state index contributed by atoms with van der Waals surface area (Å²) in [6.07, 6.45) is -1.43. The number of rotatable bonds is 4. The van der Waals surface area contributed by atoms with Gasteiger partial charge in [-0.25, -0.2) is 0 Å². The minimum absolute atomic E-state index is 0.261. The standard InChI is InChI=1S/C20H28N2O6S/c1-19(2)24-10-13(26-19)15-14(16-17(25-15)28-20(3,4)27-16)22-18(29)21-11-7-6-8-12(9-11)23-5/h6-9,13-17H,10H2,1-5H3,(H2,21,22,29)/t13?,14-,15-,16-,17-/m1/s1. The quantitative estimate of drug-likeness (QED) is 0.708. The maximum atomic E-state index is 6.18. The summed E-state index contributed by atoms with van der Waals surface area (Å²) in [4.78, 5) is 0. The molecule has 8 nitrogen and oxygen atoms in total. The van der Waals surface area contributed by atoms with Crippen LogP contribution in [-0.2, 0) is 23.7 Å². The predicted molar refractivity (Wildman–Crippen MR) is 110 cm³/mol. The number of hydrogen-bond donors (Lipinski definition) is 2. The number of thiocarbonyl (C=S) groups is 1. The molecule has 0 radical (unpaired) electrons. The van der Waals surface area contributed by atoms with Crippen LogP contribution in [0.25, 0.3) is 0 Å². The van der Waals surface area contributed by atoms with E-state index in [1.807, 2.05) is 52.0 Å². The Balaban J connectivity index is 1.48. The lowest BCUT2D eigenvalue weighted by Gasteiger charge is -2.30. The van der Waals surface area contributed by atoms with Gasteiger partial charge in [-0.1, -0.05) is 6.07 Å². The fraction of sp³-hybridized carbons (Fsp3) is 0.650. The summed E-state index contributed by atoms with van der Waals surface area (Å²) in [6, 6.07) is 7.28. The van der Waals surface area contributed by atoms with Crippen LogP contribution in [0.2, 0.25) is 0 Å². The molecule has 1 aromatic carbocycles. The van der Waals surface area contributed by atoms with Crippen LogP contribution in [0, 0.1) is 0 Å². The molecule has 3 heterocycles. The lowest BCUT2D eigenvalue weighted by molar-refractivity contribution is -0.223. The van der Waals surface area contributed by atoms with Gasteiger partial charge in [0.1, 0.15) is 24.1 Å². The summed E-state index contributed by atoms with van der Waals surface area (Å²) in [6.45, 7) is 7.93. The number of methoxy groups -OCH3 is 1. The van der Waals surface area contributed by atoms with Crippen LogP contribution in [-0.4, -0.2) is 61.0 Å². The third-order valence-electron chi connectivity index (χ3n) is 5.11. The fourth-order valence-electron chi connectivity index (χ4n) is 3.91. The normalized spacial score (nSPS) is 34.6. The number of nitrogens with one attached hydrogen (secondary N) is 2. The molecule has 160 valence electrons. The molecule has 5 atom stereocenters. The second-order valence-electron chi connectivity index (χ2n) is 8.29. The number of ether oxygens (including phenoxy) is 6. The van der Waals surface area contributed by atoms with E-state index < -0.39 is 17.9 Å². The van der Waals surface area contributed by atoms with Gasteiger partial charge < -0.3 is 39.1 Å². The average Bonchev–Trinajstić information content (AvgIpc) is 3.25. The van der Waals surface area contributed by atoms with Crippen molar-refractivity contribution in [2.45, 2.75) is 69.9 Å². The Morgan fingerprint density at radius 1 is 1.10 bits per heavy atom. The number of anilines is 1. The third kappa shape index (κ3) is 4.50. The molecule has 3 aliphatic heterocycles. The molecule has 3 aliphatic rings. The molecule has 2 N–H and O–H groups in total. The van der Waals surface area contributed by atoms with Gasteiger partial charge in [-0.3, -0.25) is 0 Å². The molecule has 0 amide bonds. The highest BCUT2D eigenvalue weighted by Crippen LogP contribution is 2.40. The molecule has 0 aromatic heterocycles. The largest absolute Gasteiger partial charge is 0.497 e. The molecule has 1 aromatic rings. The van der Waals surface area contributed by atoms with Crippen molar-refractivity contribution < 1.29 is 28.4 Å². The van der Waals surface area contributed by atoms with Crippen LogP contribution in [0.3, 0.4) is 0 Å². The second kappa shape index (κ2) is 7.64. The number of hydrogen-bond acceptors (Lipinski definition) is 7. The molecule has 0 aliphatic carbocycles. The van der Waals surface area contributed by atoms with Crippen molar-refractivity contribution in [3.63, 3.8) is 0 Å². The topological polar surface area (TPSA) is 79.4 Å². The van der Waals surface area contributed by atoms with Crippen molar-refractivity contribution in [3.8, 4) is 5.75 Å². The Labute approximate surface area is 176 Å². The minimum Gasteiger partial charge on any atom is -0.497 e.